The molecule has 0 bridgehead atoms. The van der Waals surface area contributed by atoms with E-state index in [0.29, 0.717) is 16.7 Å². The first-order valence-corrected chi connectivity index (χ1v) is 8.54. The maximum atomic E-state index is 12.4. The number of aromatic nitrogens is 2. The monoisotopic (exact) mass is 337 g/mol. The van der Waals surface area contributed by atoms with Crippen LogP contribution in [-0.4, -0.2) is 29.5 Å². The van der Waals surface area contributed by atoms with E-state index >= 15 is 0 Å². The van der Waals surface area contributed by atoms with Gasteiger partial charge in [0.15, 0.2) is 0 Å². The molecule has 0 unspecified atom stereocenters. The van der Waals surface area contributed by atoms with Gasteiger partial charge in [-0.2, -0.15) is 5.10 Å². The lowest BCUT2D eigenvalue weighted by atomic mass is 9.97. The zero-order valence-electron chi connectivity index (χ0n) is 11.2. The van der Waals surface area contributed by atoms with Gasteiger partial charge in [-0.25, -0.2) is 13.1 Å². The molecule has 0 atom stereocenters. The first-order valence-electron chi connectivity index (χ1n) is 5.93. The number of nitrogens with one attached hydrogen (secondary N) is 2. The first-order chi connectivity index (χ1) is 8.32. The summed E-state index contributed by atoms with van der Waals surface area (Å²) in [7, 11) is -3.55. The third-order valence-corrected chi connectivity index (χ3v) is 6.20. The van der Waals surface area contributed by atoms with Crippen molar-refractivity contribution in [3.63, 3.8) is 0 Å². The standard InChI is InChI=1S/C11H20BrN3O2S/c1-5-11(6-2,7-12)15-18(16,17)10-8(3)13-14-9(10)4/h15H,5-7H2,1-4H3,(H,13,14). The summed E-state index contributed by atoms with van der Waals surface area (Å²) in [6.45, 7) is 7.35. The fraction of sp³-hybridized carbons (Fsp3) is 0.727. The SMILES string of the molecule is CCC(CC)(CBr)NS(=O)(=O)c1c(C)n[nH]c1C. The Morgan fingerprint density at radius 2 is 1.89 bits per heavy atom. The van der Waals surface area contributed by atoms with E-state index in [4.69, 9.17) is 0 Å². The lowest BCUT2D eigenvalue weighted by Crippen LogP contribution is -2.49. The van der Waals surface area contributed by atoms with Crippen LogP contribution in [0.15, 0.2) is 4.90 Å². The number of H-pyrrole nitrogens is 1. The van der Waals surface area contributed by atoms with Gasteiger partial charge < -0.3 is 0 Å². The summed E-state index contributed by atoms with van der Waals surface area (Å²) >= 11 is 3.40. The highest BCUT2D eigenvalue weighted by atomic mass is 79.9. The van der Waals surface area contributed by atoms with Crippen molar-refractivity contribution in [1.29, 1.82) is 0 Å². The topological polar surface area (TPSA) is 74.8 Å². The Bertz CT molecular complexity index is 479. The number of halogens is 1. The summed E-state index contributed by atoms with van der Waals surface area (Å²) in [5.41, 5.74) is 0.612. The van der Waals surface area contributed by atoms with E-state index in [1.54, 1.807) is 13.8 Å². The maximum Gasteiger partial charge on any atom is 0.244 e. The van der Waals surface area contributed by atoms with Crippen molar-refractivity contribution < 1.29 is 8.42 Å². The summed E-state index contributed by atoms with van der Waals surface area (Å²) in [4.78, 5) is 0.259. The molecule has 5 nitrogen and oxygen atoms in total. The number of sulfonamides is 1. The van der Waals surface area contributed by atoms with Crippen molar-refractivity contribution in [1.82, 2.24) is 14.9 Å². The lowest BCUT2D eigenvalue weighted by molar-refractivity contribution is 0.398. The molecular formula is C11H20BrN3O2S. The molecule has 104 valence electrons. The Morgan fingerprint density at radius 3 is 2.22 bits per heavy atom. The first kappa shape index (κ1) is 15.7. The van der Waals surface area contributed by atoms with Crippen molar-refractivity contribution in [3.05, 3.63) is 11.4 Å². The van der Waals surface area contributed by atoms with Gasteiger partial charge in [-0.15, -0.1) is 0 Å². The van der Waals surface area contributed by atoms with Crippen molar-refractivity contribution in [3.8, 4) is 0 Å². The molecule has 2 N–H and O–H groups in total. The second-order valence-corrected chi connectivity index (χ2v) is 6.67. The predicted molar refractivity (Wildman–Crippen MR) is 75.5 cm³/mol. The minimum Gasteiger partial charge on any atom is -0.281 e. The summed E-state index contributed by atoms with van der Waals surface area (Å²) in [5.74, 6) is 0. The molecule has 0 amide bonds. The van der Waals surface area contributed by atoms with E-state index in [1.165, 1.54) is 0 Å². The molecule has 0 saturated carbocycles. The van der Waals surface area contributed by atoms with E-state index in [2.05, 4.69) is 30.8 Å². The highest BCUT2D eigenvalue weighted by Crippen LogP contribution is 2.24. The highest BCUT2D eigenvalue weighted by Gasteiger charge is 2.33. The molecule has 7 heteroatoms. The molecule has 1 heterocycles. The van der Waals surface area contributed by atoms with Gasteiger partial charge in [0.1, 0.15) is 4.90 Å². The number of nitrogens with zero attached hydrogens (tertiary/aromatic N) is 1. The summed E-state index contributed by atoms with van der Waals surface area (Å²) in [5, 5.41) is 7.22. The number of aryl methyl sites for hydroxylation is 2. The highest BCUT2D eigenvalue weighted by molar-refractivity contribution is 9.09. The van der Waals surface area contributed by atoms with Gasteiger partial charge in [-0.3, -0.25) is 5.10 Å². The number of aromatic amines is 1. The van der Waals surface area contributed by atoms with Crippen LogP contribution in [0.5, 0.6) is 0 Å². The second-order valence-electron chi connectivity index (χ2n) is 4.49. The molecule has 18 heavy (non-hydrogen) atoms. The smallest absolute Gasteiger partial charge is 0.244 e. The van der Waals surface area contributed by atoms with Crippen LogP contribution < -0.4 is 4.72 Å². The van der Waals surface area contributed by atoms with Crippen LogP contribution in [0, 0.1) is 13.8 Å². The Kier molecular flexibility index (Phi) is 4.97. The number of hydrogen-bond donors (Lipinski definition) is 2. The van der Waals surface area contributed by atoms with Gasteiger partial charge in [0, 0.05) is 10.9 Å². The van der Waals surface area contributed by atoms with Gasteiger partial charge in [0.05, 0.1) is 11.4 Å². The molecule has 0 aromatic carbocycles. The molecule has 1 rings (SSSR count). The maximum absolute atomic E-state index is 12.4. The predicted octanol–water partition coefficient (Wildman–Crippen LogP) is 2.26. The fourth-order valence-corrected chi connectivity index (χ4v) is 4.92. The number of alkyl halides is 1. The van der Waals surface area contributed by atoms with E-state index < -0.39 is 15.6 Å². The molecular weight excluding hydrogens is 318 g/mol. The van der Waals surface area contributed by atoms with Gasteiger partial charge in [-0.1, -0.05) is 29.8 Å². The van der Waals surface area contributed by atoms with Crippen LogP contribution in [0.1, 0.15) is 38.1 Å². The fourth-order valence-electron chi connectivity index (χ4n) is 1.88. The number of rotatable bonds is 6. The molecule has 0 saturated heterocycles. The second kappa shape index (κ2) is 5.71. The molecule has 1 aromatic heterocycles. The quantitative estimate of drug-likeness (QED) is 0.782. The van der Waals surface area contributed by atoms with Crippen molar-refractivity contribution in [2.24, 2.45) is 0 Å². The van der Waals surface area contributed by atoms with E-state index in [-0.39, 0.29) is 4.90 Å². The Balaban J connectivity index is 3.17. The largest absolute Gasteiger partial charge is 0.281 e. The van der Waals surface area contributed by atoms with Gasteiger partial charge in [-0.05, 0) is 26.7 Å². The Hall–Kier alpha value is -0.400. The van der Waals surface area contributed by atoms with Crippen molar-refractivity contribution >= 4 is 26.0 Å². The van der Waals surface area contributed by atoms with Crippen LogP contribution in [0.2, 0.25) is 0 Å². The molecule has 0 radical (unpaired) electrons. The van der Waals surface area contributed by atoms with Crippen LogP contribution in [0.25, 0.3) is 0 Å². The molecule has 0 fully saturated rings. The zero-order valence-corrected chi connectivity index (χ0v) is 13.6. The zero-order chi connectivity index (χ0) is 14.0. The van der Waals surface area contributed by atoms with E-state index in [9.17, 15) is 8.42 Å². The molecule has 0 aliphatic heterocycles. The third kappa shape index (κ3) is 2.95. The van der Waals surface area contributed by atoms with Crippen LogP contribution in [0.3, 0.4) is 0 Å². The molecule has 1 aromatic rings. The number of hydrogen-bond acceptors (Lipinski definition) is 3. The van der Waals surface area contributed by atoms with Gasteiger partial charge in [0.2, 0.25) is 10.0 Å². The Morgan fingerprint density at radius 1 is 1.33 bits per heavy atom. The van der Waals surface area contributed by atoms with E-state index in [0.717, 1.165) is 12.8 Å². The normalized spacial score (nSPS) is 12.9. The third-order valence-electron chi connectivity index (χ3n) is 3.29. The average Bonchev–Trinajstić information content (AvgIpc) is 2.67. The molecule has 0 spiro atoms. The van der Waals surface area contributed by atoms with Crippen molar-refractivity contribution in [2.75, 3.05) is 5.33 Å². The molecule has 0 aliphatic carbocycles. The van der Waals surface area contributed by atoms with Crippen LogP contribution in [-0.2, 0) is 10.0 Å². The summed E-state index contributed by atoms with van der Waals surface area (Å²) in [6.07, 6.45) is 1.45. The van der Waals surface area contributed by atoms with E-state index in [1.807, 2.05) is 13.8 Å². The molecule has 0 aliphatic rings. The Labute approximate surface area is 117 Å². The summed E-state index contributed by atoms with van der Waals surface area (Å²) < 4.78 is 27.7. The summed E-state index contributed by atoms with van der Waals surface area (Å²) in [6, 6.07) is 0. The lowest BCUT2D eigenvalue weighted by Gasteiger charge is -2.30. The average molecular weight is 338 g/mol. The van der Waals surface area contributed by atoms with Crippen LogP contribution in [0.4, 0.5) is 0 Å². The van der Waals surface area contributed by atoms with Crippen LogP contribution >= 0.6 is 15.9 Å². The van der Waals surface area contributed by atoms with Gasteiger partial charge in [0.25, 0.3) is 0 Å². The van der Waals surface area contributed by atoms with Gasteiger partial charge >= 0.3 is 0 Å². The van der Waals surface area contributed by atoms with Crippen molar-refractivity contribution in [2.45, 2.75) is 51.0 Å². The minimum absolute atomic E-state index is 0.259. The minimum atomic E-state index is -3.55.